The quantitative estimate of drug-likeness (QED) is 0.639. The Kier molecular flexibility index (Phi) is 4.79. The predicted molar refractivity (Wildman–Crippen MR) is 75.1 cm³/mol. The maximum Gasteiger partial charge on any atom is 0.311 e. The normalized spacial score (nSPS) is 21.7. The lowest BCUT2D eigenvalue weighted by Crippen LogP contribution is -2.27. The summed E-state index contributed by atoms with van der Waals surface area (Å²) in [7, 11) is 0. The maximum absolute atomic E-state index is 10.9. The summed E-state index contributed by atoms with van der Waals surface area (Å²) in [6.07, 6.45) is 3.25. The van der Waals surface area contributed by atoms with E-state index in [-0.39, 0.29) is 17.5 Å². The lowest BCUT2D eigenvalue weighted by atomic mass is 10.1. The van der Waals surface area contributed by atoms with Crippen LogP contribution in [-0.2, 0) is 0 Å². The van der Waals surface area contributed by atoms with Crippen LogP contribution in [0.2, 0.25) is 0 Å². The molecule has 110 valence electrons. The summed E-state index contributed by atoms with van der Waals surface area (Å²) >= 11 is 0. The molecule has 0 heterocycles. The van der Waals surface area contributed by atoms with Gasteiger partial charge < -0.3 is 15.2 Å². The Hall–Kier alpha value is -1.82. The second kappa shape index (κ2) is 6.56. The highest BCUT2D eigenvalue weighted by molar-refractivity contribution is 5.50. The number of nitro groups is 1. The van der Waals surface area contributed by atoms with Crippen molar-refractivity contribution in [3.05, 3.63) is 28.3 Å². The Morgan fingerprint density at radius 2 is 2.25 bits per heavy atom. The van der Waals surface area contributed by atoms with Crippen LogP contribution in [0.1, 0.15) is 26.2 Å². The Bertz CT molecular complexity index is 478. The molecule has 0 aliphatic heterocycles. The first-order valence-electron chi connectivity index (χ1n) is 6.93. The fourth-order valence-electron chi connectivity index (χ4n) is 2.59. The topological polar surface area (TPSA) is 87.6 Å². The van der Waals surface area contributed by atoms with Crippen LogP contribution in [0.25, 0.3) is 0 Å². The third-order valence-electron chi connectivity index (χ3n) is 3.61. The summed E-state index contributed by atoms with van der Waals surface area (Å²) in [6, 6.07) is 4.63. The Morgan fingerprint density at radius 3 is 2.90 bits per heavy atom. The monoisotopic (exact) mass is 280 g/mol. The number of nitrogens with two attached hydrogens (primary N) is 1. The van der Waals surface area contributed by atoms with Gasteiger partial charge in [-0.05, 0) is 38.8 Å². The molecule has 0 amide bonds. The van der Waals surface area contributed by atoms with Gasteiger partial charge >= 0.3 is 5.69 Å². The summed E-state index contributed by atoms with van der Waals surface area (Å²) in [6.45, 7) is 2.77. The van der Waals surface area contributed by atoms with Crippen molar-refractivity contribution in [1.29, 1.82) is 0 Å². The van der Waals surface area contributed by atoms with E-state index in [1.807, 2.05) is 0 Å². The van der Waals surface area contributed by atoms with E-state index >= 15 is 0 Å². The van der Waals surface area contributed by atoms with Crippen LogP contribution in [0, 0.1) is 16.0 Å². The van der Waals surface area contributed by atoms with Crippen molar-refractivity contribution in [3.63, 3.8) is 0 Å². The van der Waals surface area contributed by atoms with Gasteiger partial charge in [-0.15, -0.1) is 0 Å². The lowest BCUT2D eigenvalue weighted by molar-refractivity contribution is -0.385. The number of hydrogen-bond acceptors (Lipinski definition) is 5. The number of nitro benzene ring substituents is 1. The molecule has 1 aromatic rings. The van der Waals surface area contributed by atoms with Crippen LogP contribution in [0.3, 0.4) is 0 Å². The zero-order chi connectivity index (χ0) is 14.5. The van der Waals surface area contributed by atoms with Gasteiger partial charge in [0.15, 0.2) is 0 Å². The molecule has 6 heteroatoms. The van der Waals surface area contributed by atoms with E-state index in [4.69, 9.17) is 15.2 Å². The van der Waals surface area contributed by atoms with Gasteiger partial charge in [0.2, 0.25) is 5.75 Å². The van der Waals surface area contributed by atoms with Crippen molar-refractivity contribution in [2.75, 3.05) is 13.2 Å². The van der Waals surface area contributed by atoms with E-state index in [0.717, 1.165) is 19.3 Å². The second-order valence-electron chi connectivity index (χ2n) is 4.90. The first-order chi connectivity index (χ1) is 9.65. The van der Waals surface area contributed by atoms with E-state index < -0.39 is 4.92 Å². The average molecular weight is 280 g/mol. The van der Waals surface area contributed by atoms with Gasteiger partial charge in [0.05, 0.1) is 11.5 Å². The van der Waals surface area contributed by atoms with E-state index in [2.05, 4.69) is 0 Å². The molecule has 0 spiro atoms. The molecule has 20 heavy (non-hydrogen) atoms. The molecular formula is C14H20N2O4. The van der Waals surface area contributed by atoms with Gasteiger partial charge in [0, 0.05) is 18.1 Å². The van der Waals surface area contributed by atoms with Gasteiger partial charge in [-0.3, -0.25) is 10.1 Å². The predicted octanol–water partition coefficient (Wildman–Crippen LogP) is 2.50. The average Bonchev–Trinajstić information content (AvgIpc) is 2.86. The molecule has 0 radical (unpaired) electrons. The minimum atomic E-state index is -0.451. The third kappa shape index (κ3) is 3.19. The molecular weight excluding hydrogens is 260 g/mol. The Labute approximate surface area is 118 Å². The minimum absolute atomic E-state index is 0.0407. The number of nitrogens with zero attached hydrogens (tertiary/aromatic N) is 1. The lowest BCUT2D eigenvalue weighted by Gasteiger charge is -2.20. The molecule has 0 bridgehead atoms. The van der Waals surface area contributed by atoms with Crippen molar-refractivity contribution >= 4 is 5.69 Å². The van der Waals surface area contributed by atoms with Crippen LogP contribution >= 0.6 is 0 Å². The van der Waals surface area contributed by atoms with E-state index in [1.165, 1.54) is 6.07 Å². The number of hydrogen-bond donors (Lipinski definition) is 1. The van der Waals surface area contributed by atoms with Crippen molar-refractivity contribution in [3.8, 4) is 11.5 Å². The molecule has 1 aromatic carbocycles. The molecule has 2 unspecified atom stereocenters. The van der Waals surface area contributed by atoms with Gasteiger partial charge in [-0.2, -0.15) is 0 Å². The van der Waals surface area contributed by atoms with E-state index in [0.29, 0.717) is 24.8 Å². The van der Waals surface area contributed by atoms with Gasteiger partial charge in [0.1, 0.15) is 11.9 Å². The first-order valence-corrected chi connectivity index (χ1v) is 6.93. The van der Waals surface area contributed by atoms with E-state index in [1.54, 1.807) is 19.1 Å². The van der Waals surface area contributed by atoms with Crippen LogP contribution in [0.15, 0.2) is 18.2 Å². The highest BCUT2D eigenvalue weighted by Gasteiger charge is 2.28. The number of ether oxygens (including phenoxy) is 2. The van der Waals surface area contributed by atoms with Crippen LogP contribution in [0.5, 0.6) is 11.5 Å². The fraction of sp³-hybridized carbons (Fsp3) is 0.571. The molecule has 1 fully saturated rings. The Balaban J connectivity index is 2.16. The van der Waals surface area contributed by atoms with E-state index in [9.17, 15) is 10.1 Å². The molecule has 2 rings (SSSR count). The van der Waals surface area contributed by atoms with Crippen molar-refractivity contribution in [2.45, 2.75) is 32.3 Å². The fourth-order valence-corrected chi connectivity index (χ4v) is 2.59. The summed E-state index contributed by atoms with van der Waals surface area (Å²) < 4.78 is 11.2. The van der Waals surface area contributed by atoms with Gasteiger partial charge in [-0.25, -0.2) is 0 Å². The molecule has 1 aliphatic rings. The summed E-state index contributed by atoms with van der Waals surface area (Å²) in [5.74, 6) is 1.21. The molecule has 0 saturated heterocycles. The molecule has 6 nitrogen and oxygen atoms in total. The van der Waals surface area contributed by atoms with Crippen LogP contribution < -0.4 is 15.2 Å². The molecule has 2 N–H and O–H groups in total. The number of benzene rings is 1. The summed E-state index contributed by atoms with van der Waals surface area (Å²) in [5.41, 5.74) is 5.68. The van der Waals surface area contributed by atoms with Gasteiger partial charge in [-0.1, -0.05) is 0 Å². The zero-order valence-corrected chi connectivity index (χ0v) is 11.6. The maximum atomic E-state index is 10.9. The van der Waals surface area contributed by atoms with Crippen molar-refractivity contribution in [2.24, 2.45) is 11.7 Å². The summed E-state index contributed by atoms with van der Waals surface area (Å²) in [5, 5.41) is 10.9. The van der Waals surface area contributed by atoms with Crippen LogP contribution in [-0.4, -0.2) is 24.2 Å². The molecule has 1 saturated carbocycles. The molecule has 1 aliphatic carbocycles. The highest BCUT2D eigenvalue weighted by atomic mass is 16.6. The molecule has 2 atom stereocenters. The SMILES string of the molecule is CCOc1cc(OC2CCCC2CN)ccc1[N+](=O)[O-]. The number of rotatable bonds is 6. The second-order valence-corrected chi connectivity index (χ2v) is 4.90. The van der Waals surface area contributed by atoms with Crippen molar-refractivity contribution in [1.82, 2.24) is 0 Å². The molecule has 0 aromatic heterocycles. The Morgan fingerprint density at radius 1 is 1.45 bits per heavy atom. The van der Waals surface area contributed by atoms with Gasteiger partial charge in [0.25, 0.3) is 0 Å². The first kappa shape index (κ1) is 14.6. The highest BCUT2D eigenvalue weighted by Crippen LogP contribution is 2.34. The zero-order valence-electron chi connectivity index (χ0n) is 11.6. The standard InChI is InChI=1S/C14H20N2O4/c1-2-19-14-8-11(6-7-12(14)16(17)18)20-13-5-3-4-10(13)9-15/h6-8,10,13H,2-5,9,15H2,1H3. The largest absolute Gasteiger partial charge is 0.490 e. The van der Waals surface area contributed by atoms with Crippen LogP contribution in [0.4, 0.5) is 5.69 Å². The third-order valence-corrected chi connectivity index (χ3v) is 3.61. The minimum Gasteiger partial charge on any atom is -0.490 e. The summed E-state index contributed by atoms with van der Waals surface area (Å²) in [4.78, 5) is 10.5. The smallest absolute Gasteiger partial charge is 0.311 e. The van der Waals surface area contributed by atoms with Crippen molar-refractivity contribution < 1.29 is 14.4 Å².